The van der Waals surface area contributed by atoms with Gasteiger partial charge in [0, 0.05) is 12.8 Å². The number of benzene rings is 2. The van der Waals surface area contributed by atoms with E-state index in [4.69, 9.17) is 0 Å². The van der Waals surface area contributed by atoms with Crippen LogP contribution in [0, 0.1) is 5.92 Å². The van der Waals surface area contributed by atoms with E-state index in [9.17, 15) is 9.59 Å². The summed E-state index contributed by atoms with van der Waals surface area (Å²) in [5.41, 5.74) is 2.97. The number of H-pyrrole nitrogens is 1. The van der Waals surface area contributed by atoms with Gasteiger partial charge in [-0.1, -0.05) is 57.2 Å². The number of aromatic amines is 1. The van der Waals surface area contributed by atoms with Gasteiger partial charge >= 0.3 is 0 Å². The van der Waals surface area contributed by atoms with Crippen LogP contribution in [0.5, 0.6) is 0 Å². The van der Waals surface area contributed by atoms with Crippen molar-refractivity contribution in [2.45, 2.75) is 52.5 Å². The first kappa shape index (κ1) is 20.8. The Balaban J connectivity index is 1.58. The number of fused-ring (bicyclic) bond motifs is 1. The maximum atomic E-state index is 12.5. The third-order valence-electron chi connectivity index (χ3n) is 5.21. The van der Waals surface area contributed by atoms with Crippen molar-refractivity contribution in [3.63, 3.8) is 0 Å². The highest BCUT2D eigenvalue weighted by molar-refractivity contribution is 5.77. The highest BCUT2D eigenvalue weighted by Gasteiger charge is 2.18. The Hall–Kier alpha value is -2.95. The van der Waals surface area contributed by atoms with Crippen molar-refractivity contribution in [1.29, 1.82) is 0 Å². The van der Waals surface area contributed by atoms with Crippen molar-refractivity contribution < 1.29 is 4.79 Å². The lowest BCUT2D eigenvalue weighted by Gasteiger charge is -2.23. The molecule has 1 heterocycles. The monoisotopic (exact) mass is 391 g/mol. The third kappa shape index (κ3) is 5.31. The average Bonchev–Trinajstić information content (AvgIpc) is 2.72. The maximum absolute atomic E-state index is 12.5. The lowest BCUT2D eigenvalue weighted by Crippen LogP contribution is -2.31. The lowest BCUT2D eigenvalue weighted by molar-refractivity contribution is -0.122. The number of carbonyl (C=O) groups is 1. The highest BCUT2D eigenvalue weighted by Crippen LogP contribution is 2.22. The first-order valence-electron chi connectivity index (χ1n) is 10.3. The molecule has 152 valence electrons. The molecule has 3 rings (SSSR count). The summed E-state index contributed by atoms with van der Waals surface area (Å²) < 4.78 is 0. The number of hydrogen-bond donors (Lipinski definition) is 2. The Morgan fingerprint density at radius 1 is 1.10 bits per heavy atom. The molecule has 1 amide bonds. The van der Waals surface area contributed by atoms with Crippen LogP contribution in [0.3, 0.4) is 0 Å². The molecule has 1 atom stereocenters. The molecule has 3 aromatic rings. The number of nitrogens with zero attached hydrogens (tertiary/aromatic N) is 1. The van der Waals surface area contributed by atoms with Crippen LogP contribution in [0.15, 0.2) is 53.3 Å². The summed E-state index contributed by atoms with van der Waals surface area (Å²) in [4.78, 5) is 32.0. The predicted octanol–water partition coefficient (Wildman–Crippen LogP) is 4.32. The first-order chi connectivity index (χ1) is 14.0. The fourth-order valence-corrected chi connectivity index (χ4v) is 3.51. The molecule has 2 N–H and O–H groups in total. The smallest absolute Gasteiger partial charge is 0.258 e. The highest BCUT2D eigenvalue weighted by atomic mass is 16.1. The Kier molecular flexibility index (Phi) is 6.81. The van der Waals surface area contributed by atoms with Crippen molar-refractivity contribution in [3.05, 3.63) is 75.8 Å². The summed E-state index contributed by atoms with van der Waals surface area (Å²) in [5.74, 6) is 0.938. The zero-order valence-electron chi connectivity index (χ0n) is 17.4. The number of aromatic nitrogens is 2. The Morgan fingerprint density at radius 3 is 2.52 bits per heavy atom. The molecule has 0 radical (unpaired) electrons. The quantitative estimate of drug-likeness (QED) is 0.600. The standard InChI is InChI=1S/C24H29N3O2/c1-4-17-12-14-18(15-13-17)23(16(2)3)27-22(28)11-7-10-21-25-20-9-6-5-8-19(20)24(29)26-21/h5-6,8-9,12-16,23H,4,7,10-11H2,1-3H3,(H,27,28)(H,25,26,29). The molecule has 0 aliphatic carbocycles. The molecule has 0 aliphatic heterocycles. The second kappa shape index (κ2) is 9.50. The van der Waals surface area contributed by atoms with Gasteiger partial charge < -0.3 is 10.3 Å². The van der Waals surface area contributed by atoms with Gasteiger partial charge in [-0.25, -0.2) is 4.98 Å². The number of nitrogens with one attached hydrogen (secondary N) is 2. The zero-order chi connectivity index (χ0) is 20.8. The second-order valence-electron chi connectivity index (χ2n) is 7.77. The number of amides is 1. The van der Waals surface area contributed by atoms with Crippen LogP contribution in [-0.2, 0) is 17.6 Å². The Morgan fingerprint density at radius 2 is 1.83 bits per heavy atom. The number of carbonyl (C=O) groups excluding carboxylic acids is 1. The molecule has 0 fully saturated rings. The number of para-hydroxylation sites is 1. The van der Waals surface area contributed by atoms with Crippen molar-refractivity contribution in [3.8, 4) is 0 Å². The summed E-state index contributed by atoms with van der Waals surface area (Å²) in [6.45, 7) is 6.36. The van der Waals surface area contributed by atoms with Crippen molar-refractivity contribution >= 4 is 16.8 Å². The molecule has 0 saturated heterocycles. The minimum atomic E-state index is -0.134. The van der Waals surface area contributed by atoms with Gasteiger partial charge in [0.05, 0.1) is 16.9 Å². The van der Waals surface area contributed by atoms with Crippen LogP contribution >= 0.6 is 0 Å². The fourth-order valence-electron chi connectivity index (χ4n) is 3.51. The normalized spacial score (nSPS) is 12.3. The molecule has 2 aromatic carbocycles. The first-order valence-corrected chi connectivity index (χ1v) is 10.3. The van der Waals surface area contributed by atoms with Crippen LogP contribution in [-0.4, -0.2) is 15.9 Å². The maximum Gasteiger partial charge on any atom is 0.258 e. The van der Waals surface area contributed by atoms with Gasteiger partial charge in [0.1, 0.15) is 5.82 Å². The van der Waals surface area contributed by atoms with Crippen molar-refractivity contribution in [1.82, 2.24) is 15.3 Å². The summed E-state index contributed by atoms with van der Waals surface area (Å²) >= 11 is 0. The van der Waals surface area contributed by atoms with E-state index in [1.54, 1.807) is 6.07 Å². The van der Waals surface area contributed by atoms with Gasteiger partial charge in [-0.2, -0.15) is 0 Å². The molecule has 0 aliphatic rings. The van der Waals surface area contributed by atoms with E-state index >= 15 is 0 Å². The SMILES string of the molecule is CCc1ccc(C(NC(=O)CCCc2nc3ccccc3c(=O)[nH]2)C(C)C)cc1. The minimum Gasteiger partial charge on any atom is -0.349 e. The minimum absolute atomic E-state index is 0.00740. The molecule has 0 spiro atoms. The van der Waals surface area contributed by atoms with E-state index < -0.39 is 0 Å². The van der Waals surface area contributed by atoms with E-state index in [1.165, 1.54) is 5.56 Å². The van der Waals surface area contributed by atoms with Crippen molar-refractivity contribution in [2.24, 2.45) is 5.92 Å². The summed E-state index contributed by atoms with van der Waals surface area (Å²) in [7, 11) is 0. The van der Waals surface area contributed by atoms with E-state index in [-0.39, 0.29) is 17.5 Å². The van der Waals surface area contributed by atoms with Crippen LogP contribution in [0.4, 0.5) is 0 Å². The number of rotatable bonds is 8. The second-order valence-corrected chi connectivity index (χ2v) is 7.77. The van der Waals surface area contributed by atoms with Crippen LogP contribution in [0.2, 0.25) is 0 Å². The van der Waals surface area contributed by atoms with E-state index in [2.05, 4.69) is 60.3 Å². The number of aryl methyl sites for hydroxylation is 2. The van der Waals surface area contributed by atoms with Gasteiger partial charge in [-0.15, -0.1) is 0 Å². The topological polar surface area (TPSA) is 74.8 Å². The summed E-state index contributed by atoms with van der Waals surface area (Å²) in [6.07, 6.45) is 2.59. The van der Waals surface area contributed by atoms with E-state index in [0.29, 0.717) is 41.9 Å². The third-order valence-corrected chi connectivity index (χ3v) is 5.21. The molecule has 29 heavy (non-hydrogen) atoms. The Labute approximate surface area is 171 Å². The van der Waals surface area contributed by atoms with Gasteiger partial charge in [0.25, 0.3) is 5.56 Å². The lowest BCUT2D eigenvalue weighted by atomic mass is 9.94. The van der Waals surface area contributed by atoms with Gasteiger partial charge in [-0.05, 0) is 42.0 Å². The van der Waals surface area contributed by atoms with Crippen molar-refractivity contribution in [2.75, 3.05) is 0 Å². The van der Waals surface area contributed by atoms with Crippen LogP contribution < -0.4 is 10.9 Å². The van der Waals surface area contributed by atoms with Gasteiger partial charge in [-0.3, -0.25) is 9.59 Å². The molecular weight excluding hydrogens is 362 g/mol. The zero-order valence-corrected chi connectivity index (χ0v) is 17.4. The van der Waals surface area contributed by atoms with Gasteiger partial charge in [0.2, 0.25) is 5.91 Å². The molecule has 0 bridgehead atoms. The van der Waals surface area contributed by atoms with Gasteiger partial charge in [0.15, 0.2) is 0 Å². The molecule has 5 nitrogen and oxygen atoms in total. The molecule has 1 unspecified atom stereocenters. The van der Waals surface area contributed by atoms with Crippen LogP contribution in [0.1, 0.15) is 56.6 Å². The Bertz CT molecular complexity index is 1020. The molecule has 1 aromatic heterocycles. The van der Waals surface area contributed by atoms with E-state index in [0.717, 1.165) is 12.0 Å². The largest absolute Gasteiger partial charge is 0.349 e. The number of hydrogen-bond acceptors (Lipinski definition) is 3. The fraction of sp³-hybridized carbons (Fsp3) is 0.375. The summed E-state index contributed by atoms with van der Waals surface area (Å²) in [6, 6.07) is 15.7. The van der Waals surface area contributed by atoms with E-state index in [1.807, 2.05) is 18.2 Å². The molecule has 5 heteroatoms. The predicted molar refractivity (Wildman–Crippen MR) is 117 cm³/mol. The molecular formula is C24H29N3O2. The summed E-state index contributed by atoms with van der Waals surface area (Å²) in [5, 5.41) is 3.75. The van der Waals surface area contributed by atoms with Crippen LogP contribution in [0.25, 0.3) is 10.9 Å². The average molecular weight is 392 g/mol. The molecule has 0 saturated carbocycles.